The van der Waals surface area contributed by atoms with Crippen LogP contribution in [0.25, 0.3) is 22.6 Å². The molecule has 0 radical (unpaired) electrons. The van der Waals surface area contributed by atoms with E-state index in [1.165, 1.54) is 12.3 Å². The Balaban J connectivity index is 1.05. The fourth-order valence-electron chi connectivity index (χ4n) is 5.81. The number of nitrogens with zero attached hydrogens (tertiary/aromatic N) is 7. The summed E-state index contributed by atoms with van der Waals surface area (Å²) in [5, 5.41) is 5.87. The van der Waals surface area contributed by atoms with Gasteiger partial charge in [-0.2, -0.15) is 18.3 Å². The molecule has 0 amide bonds. The summed E-state index contributed by atoms with van der Waals surface area (Å²) >= 11 is 5.83. The van der Waals surface area contributed by atoms with Crippen molar-refractivity contribution in [2.75, 3.05) is 19.7 Å². The van der Waals surface area contributed by atoms with E-state index in [0.717, 1.165) is 6.42 Å². The highest BCUT2D eigenvalue weighted by molar-refractivity contribution is 6.30. The maximum atomic E-state index is 15.7. The molecule has 0 bridgehead atoms. The minimum atomic E-state index is -4.67. The molecule has 2 aliphatic rings. The van der Waals surface area contributed by atoms with Gasteiger partial charge in [0.05, 0.1) is 42.1 Å². The molecule has 2 saturated heterocycles. The number of benzene rings is 1. The Kier molecular flexibility index (Phi) is 8.53. The summed E-state index contributed by atoms with van der Waals surface area (Å²) in [5.41, 5.74) is 2.21. The SMILES string of the molecule is Fc1cc(Cl)ccc1COc1cccc([C@H]2CCN(Cc3nc4cc(-c5n[nH]c(C(F)(F)F)n5)ncc4n3C[C@@H]3CCO3)C[C@@H]2F)n1. The van der Waals surface area contributed by atoms with Crippen molar-refractivity contribution in [3.05, 3.63) is 82.4 Å². The molecule has 4 aromatic heterocycles. The number of hydrogen-bond acceptors (Lipinski definition) is 8. The zero-order chi connectivity index (χ0) is 32.7. The summed E-state index contributed by atoms with van der Waals surface area (Å²) in [5.74, 6) is -1.42. The number of imidazole rings is 1. The van der Waals surface area contributed by atoms with Crippen molar-refractivity contribution < 1.29 is 31.4 Å². The minimum Gasteiger partial charge on any atom is -0.473 e. The zero-order valence-electron chi connectivity index (χ0n) is 24.7. The number of aromatic amines is 1. The fraction of sp³-hybridized carbons (Fsp3) is 0.387. The monoisotopic (exact) mass is 674 g/mol. The second kappa shape index (κ2) is 12.8. The van der Waals surface area contributed by atoms with E-state index in [1.54, 1.807) is 36.4 Å². The zero-order valence-corrected chi connectivity index (χ0v) is 25.5. The Morgan fingerprint density at radius 3 is 2.66 bits per heavy atom. The first-order valence-corrected chi connectivity index (χ1v) is 15.4. The molecule has 10 nitrogen and oxygen atoms in total. The summed E-state index contributed by atoms with van der Waals surface area (Å²) in [6, 6.07) is 11.0. The molecule has 7 rings (SSSR count). The maximum absolute atomic E-state index is 15.7. The Morgan fingerprint density at radius 2 is 1.94 bits per heavy atom. The smallest absolute Gasteiger partial charge is 0.451 e. The number of halogens is 6. The van der Waals surface area contributed by atoms with Crippen LogP contribution in [-0.4, -0.2) is 71.6 Å². The van der Waals surface area contributed by atoms with Gasteiger partial charge >= 0.3 is 6.18 Å². The van der Waals surface area contributed by atoms with Crippen LogP contribution in [0.4, 0.5) is 22.0 Å². The maximum Gasteiger partial charge on any atom is 0.451 e. The lowest BCUT2D eigenvalue weighted by Gasteiger charge is -2.34. The number of piperidine rings is 1. The molecule has 1 aromatic carbocycles. The van der Waals surface area contributed by atoms with E-state index >= 15 is 4.39 Å². The van der Waals surface area contributed by atoms with Gasteiger partial charge in [0.2, 0.25) is 11.7 Å². The van der Waals surface area contributed by atoms with Gasteiger partial charge in [-0.1, -0.05) is 23.7 Å². The third-order valence-corrected chi connectivity index (χ3v) is 8.62. The second-order valence-corrected chi connectivity index (χ2v) is 12.0. The van der Waals surface area contributed by atoms with E-state index in [9.17, 15) is 17.6 Å². The summed E-state index contributed by atoms with van der Waals surface area (Å²) in [6.07, 6.45) is -2.99. The summed E-state index contributed by atoms with van der Waals surface area (Å²) in [6.45, 7) is 2.17. The lowest BCUT2D eigenvalue weighted by Crippen LogP contribution is -2.41. The molecule has 1 N–H and O–H groups in total. The van der Waals surface area contributed by atoms with Gasteiger partial charge in [0, 0.05) is 35.7 Å². The second-order valence-electron chi connectivity index (χ2n) is 11.6. The molecule has 2 aliphatic heterocycles. The molecule has 246 valence electrons. The first kappa shape index (κ1) is 31.4. The first-order chi connectivity index (χ1) is 22.6. The summed E-state index contributed by atoms with van der Waals surface area (Å²) in [7, 11) is 0. The Bertz CT molecular complexity index is 1900. The van der Waals surface area contributed by atoms with Gasteiger partial charge in [-0.15, -0.1) is 0 Å². The van der Waals surface area contributed by atoms with Crippen LogP contribution < -0.4 is 4.74 Å². The summed E-state index contributed by atoms with van der Waals surface area (Å²) in [4.78, 5) is 19.1. The van der Waals surface area contributed by atoms with Crippen molar-refractivity contribution in [2.24, 2.45) is 0 Å². The van der Waals surface area contributed by atoms with Crippen LogP contribution in [0.2, 0.25) is 5.02 Å². The number of ether oxygens (including phenoxy) is 2. The number of fused-ring (bicyclic) bond motifs is 1. The van der Waals surface area contributed by atoms with Gasteiger partial charge in [-0.3, -0.25) is 15.0 Å². The molecule has 6 heterocycles. The molecule has 0 unspecified atom stereocenters. The predicted octanol–water partition coefficient (Wildman–Crippen LogP) is 6.12. The molecule has 0 spiro atoms. The van der Waals surface area contributed by atoms with E-state index in [1.807, 2.05) is 14.6 Å². The van der Waals surface area contributed by atoms with Crippen LogP contribution in [0.1, 0.15) is 41.7 Å². The lowest BCUT2D eigenvalue weighted by molar-refractivity contribution is -0.144. The van der Waals surface area contributed by atoms with Crippen molar-refractivity contribution in [1.29, 1.82) is 0 Å². The first-order valence-electron chi connectivity index (χ1n) is 15.0. The number of hydrogen-bond donors (Lipinski definition) is 1. The largest absolute Gasteiger partial charge is 0.473 e. The average Bonchev–Trinajstić information content (AvgIpc) is 3.64. The highest BCUT2D eigenvalue weighted by atomic mass is 35.5. The van der Waals surface area contributed by atoms with E-state index in [0.29, 0.717) is 60.8 Å². The van der Waals surface area contributed by atoms with Crippen LogP contribution >= 0.6 is 11.6 Å². The quantitative estimate of drug-likeness (QED) is 0.187. The molecule has 47 heavy (non-hydrogen) atoms. The predicted molar refractivity (Wildman–Crippen MR) is 160 cm³/mol. The highest BCUT2D eigenvalue weighted by Crippen LogP contribution is 2.33. The molecule has 5 aromatic rings. The van der Waals surface area contributed by atoms with E-state index in [2.05, 4.69) is 20.1 Å². The van der Waals surface area contributed by atoms with Crippen LogP contribution in [0.15, 0.2) is 48.7 Å². The van der Waals surface area contributed by atoms with E-state index in [4.69, 9.17) is 26.1 Å². The number of pyridine rings is 2. The van der Waals surface area contributed by atoms with Crippen LogP contribution in [0, 0.1) is 5.82 Å². The van der Waals surface area contributed by atoms with E-state index < -0.39 is 29.9 Å². The van der Waals surface area contributed by atoms with Crippen molar-refractivity contribution >= 4 is 22.6 Å². The van der Waals surface area contributed by atoms with Crippen molar-refractivity contribution in [2.45, 2.75) is 56.9 Å². The minimum absolute atomic E-state index is 0.00964. The lowest BCUT2D eigenvalue weighted by atomic mass is 9.91. The number of H-pyrrole nitrogens is 1. The Hall–Kier alpha value is -4.21. The number of likely N-dealkylation sites (tertiary alicyclic amines) is 1. The van der Waals surface area contributed by atoms with Crippen molar-refractivity contribution in [3.8, 4) is 17.4 Å². The molecule has 2 fully saturated rings. The number of aromatic nitrogens is 7. The Morgan fingerprint density at radius 1 is 1.09 bits per heavy atom. The fourth-order valence-corrected chi connectivity index (χ4v) is 5.97. The Labute approximate surface area is 269 Å². The van der Waals surface area contributed by atoms with Crippen molar-refractivity contribution in [3.63, 3.8) is 0 Å². The molecule has 0 aliphatic carbocycles. The number of rotatable bonds is 9. The van der Waals surface area contributed by atoms with Crippen molar-refractivity contribution in [1.82, 2.24) is 39.6 Å². The van der Waals surface area contributed by atoms with Gasteiger partial charge in [0.1, 0.15) is 30.1 Å². The van der Waals surface area contributed by atoms with Gasteiger partial charge in [-0.25, -0.2) is 23.7 Å². The topological polar surface area (TPSA) is 107 Å². The van der Waals surface area contributed by atoms with Gasteiger partial charge in [-0.05, 0) is 43.7 Å². The van der Waals surface area contributed by atoms with Crippen LogP contribution in [-0.2, 0) is 30.6 Å². The summed E-state index contributed by atoms with van der Waals surface area (Å²) < 4.78 is 82.4. The third kappa shape index (κ3) is 6.78. The molecule has 3 atom stereocenters. The molecule has 0 saturated carbocycles. The van der Waals surface area contributed by atoms with Gasteiger partial charge < -0.3 is 14.0 Å². The van der Waals surface area contributed by atoms with Gasteiger partial charge in [0.25, 0.3) is 0 Å². The highest BCUT2D eigenvalue weighted by Gasteiger charge is 2.36. The molecular weight excluding hydrogens is 647 g/mol. The van der Waals surface area contributed by atoms with Crippen LogP contribution in [0.5, 0.6) is 5.88 Å². The standard InChI is InChI=1S/C31H28ClF5N8O2/c32-18-5-4-17(21(33)10-18)16-47-28-3-1-2-23(40-28)20-6-8-44(14-22(20)34)15-27-39-24-11-25(29-41-30(43-42-29)31(35,36)37)38-12-26(24)45(27)13-19-7-9-46-19/h1-5,10-12,19-20,22H,6-9,13-16H2,(H,41,42,43)/t19-,20-,22-/m0/s1. The van der Waals surface area contributed by atoms with E-state index in [-0.39, 0.29) is 41.7 Å². The third-order valence-electron chi connectivity index (χ3n) is 8.38. The number of alkyl halides is 4. The average molecular weight is 675 g/mol. The van der Waals surface area contributed by atoms with Gasteiger partial charge in [0.15, 0.2) is 5.82 Å². The molecule has 16 heteroatoms. The normalized spacial score (nSPS) is 20.4. The van der Waals surface area contributed by atoms with Crippen LogP contribution in [0.3, 0.4) is 0 Å². The molecular formula is C31H28ClF5N8O2. The number of nitrogens with one attached hydrogen (secondary N) is 1.